The predicted octanol–water partition coefficient (Wildman–Crippen LogP) is 1.27. The van der Waals surface area contributed by atoms with Gasteiger partial charge in [0, 0.05) is 0 Å². The molecule has 0 radical (unpaired) electrons. The average molecular weight is 281 g/mol. The molecule has 7 nitrogen and oxygen atoms in total. The first-order chi connectivity index (χ1) is 9.60. The number of carboxylic acids is 1. The van der Waals surface area contributed by atoms with Gasteiger partial charge in [-0.15, -0.1) is 0 Å². The van der Waals surface area contributed by atoms with Gasteiger partial charge in [-0.1, -0.05) is 0 Å². The molecule has 0 saturated carbocycles. The van der Waals surface area contributed by atoms with Gasteiger partial charge in [-0.2, -0.15) is 0 Å². The number of carbonyl (C=O) groups is 2. The summed E-state index contributed by atoms with van der Waals surface area (Å²) < 4.78 is 15.8. The van der Waals surface area contributed by atoms with Gasteiger partial charge >= 0.3 is 12.1 Å². The molecule has 1 aromatic carbocycles. The first-order valence-corrected chi connectivity index (χ1v) is 6.17. The van der Waals surface area contributed by atoms with E-state index in [1.54, 1.807) is 6.92 Å². The molecule has 1 aliphatic rings. The quantitative estimate of drug-likeness (QED) is 0.815. The molecule has 0 spiro atoms. The fraction of sp³-hybridized carbons (Fsp3) is 0.385. The first kappa shape index (κ1) is 14.0. The van der Waals surface area contributed by atoms with Gasteiger partial charge in [0.25, 0.3) is 0 Å². The highest BCUT2D eigenvalue weighted by Crippen LogP contribution is 2.28. The lowest BCUT2D eigenvalue weighted by molar-refractivity contribution is 0.0695. The minimum atomic E-state index is -1.04. The summed E-state index contributed by atoms with van der Waals surface area (Å²) in [6, 6.07) is 4.36. The maximum Gasteiger partial charge on any atom is 0.407 e. The first-order valence-electron chi connectivity index (χ1n) is 6.17. The van der Waals surface area contributed by atoms with Crippen molar-refractivity contribution in [3.63, 3.8) is 0 Å². The number of ether oxygens (including phenoxy) is 3. The van der Waals surface area contributed by atoms with Crippen LogP contribution in [-0.4, -0.2) is 43.0 Å². The van der Waals surface area contributed by atoms with Crippen molar-refractivity contribution in [2.45, 2.75) is 13.0 Å². The third-order valence-corrected chi connectivity index (χ3v) is 2.66. The van der Waals surface area contributed by atoms with Crippen LogP contribution < -0.4 is 14.8 Å². The average Bonchev–Trinajstić information content (AvgIpc) is 2.83. The van der Waals surface area contributed by atoms with Crippen LogP contribution in [0.2, 0.25) is 0 Å². The van der Waals surface area contributed by atoms with Crippen molar-refractivity contribution in [3.8, 4) is 11.5 Å². The molecule has 7 heteroatoms. The molecule has 1 aliphatic heterocycles. The molecule has 0 aromatic heterocycles. The van der Waals surface area contributed by atoms with Crippen molar-refractivity contribution in [1.29, 1.82) is 0 Å². The van der Waals surface area contributed by atoms with Gasteiger partial charge < -0.3 is 24.6 Å². The highest BCUT2D eigenvalue weighted by atomic mass is 16.6. The van der Waals surface area contributed by atoms with E-state index < -0.39 is 12.1 Å². The molecule has 1 saturated heterocycles. The van der Waals surface area contributed by atoms with Gasteiger partial charge in [-0.25, -0.2) is 9.59 Å². The highest BCUT2D eigenvalue weighted by Gasteiger charge is 2.23. The Bertz CT molecular complexity index is 516. The lowest BCUT2D eigenvalue weighted by Crippen LogP contribution is -2.22. The molecule has 1 aromatic rings. The number of amides is 1. The standard InChI is InChI=1S/C13H15NO6/c1-2-18-11-5-8(12(15)16)3-4-10(11)19-7-9-6-14-13(17)20-9/h3-5,9H,2,6-7H2,1H3,(H,14,17)(H,15,16). The Morgan fingerprint density at radius 3 is 2.85 bits per heavy atom. The van der Waals surface area contributed by atoms with Crippen LogP contribution in [-0.2, 0) is 4.74 Å². The topological polar surface area (TPSA) is 94.1 Å². The monoisotopic (exact) mass is 281 g/mol. The van der Waals surface area contributed by atoms with Crippen LogP contribution in [0.1, 0.15) is 17.3 Å². The molecular formula is C13H15NO6. The number of alkyl carbamates (subject to hydrolysis) is 1. The predicted molar refractivity (Wildman–Crippen MR) is 68.3 cm³/mol. The number of carboxylic acid groups (broad SMARTS) is 1. The maximum absolute atomic E-state index is 10.9. The van der Waals surface area contributed by atoms with Gasteiger partial charge in [0.15, 0.2) is 17.6 Å². The second-order valence-electron chi connectivity index (χ2n) is 4.12. The highest BCUT2D eigenvalue weighted by molar-refractivity contribution is 5.88. The summed E-state index contributed by atoms with van der Waals surface area (Å²) in [6.45, 7) is 2.74. The third kappa shape index (κ3) is 3.31. The Hall–Kier alpha value is -2.44. The number of cyclic esters (lactones) is 1. The molecule has 0 bridgehead atoms. The molecule has 1 heterocycles. The van der Waals surface area contributed by atoms with Crippen LogP contribution in [0, 0.1) is 0 Å². The van der Waals surface area contributed by atoms with Gasteiger partial charge in [0.05, 0.1) is 18.7 Å². The zero-order valence-corrected chi connectivity index (χ0v) is 10.9. The van der Waals surface area contributed by atoms with E-state index in [1.165, 1.54) is 18.2 Å². The molecule has 1 fully saturated rings. The summed E-state index contributed by atoms with van der Waals surface area (Å²) in [6.07, 6.45) is -0.832. The number of rotatable bonds is 6. The van der Waals surface area contributed by atoms with E-state index in [0.29, 0.717) is 24.7 Å². The lowest BCUT2D eigenvalue weighted by Gasteiger charge is -2.14. The summed E-state index contributed by atoms with van der Waals surface area (Å²) in [5.41, 5.74) is 0.120. The van der Waals surface area contributed by atoms with E-state index in [9.17, 15) is 9.59 Å². The third-order valence-electron chi connectivity index (χ3n) is 2.66. The van der Waals surface area contributed by atoms with E-state index in [1.807, 2.05) is 0 Å². The minimum absolute atomic E-state index is 0.120. The smallest absolute Gasteiger partial charge is 0.407 e. The van der Waals surface area contributed by atoms with E-state index >= 15 is 0 Å². The number of carbonyl (C=O) groups excluding carboxylic acids is 1. The van der Waals surface area contributed by atoms with E-state index in [4.69, 9.17) is 19.3 Å². The summed E-state index contributed by atoms with van der Waals surface area (Å²) in [5.74, 6) is -0.268. The SMILES string of the molecule is CCOc1cc(C(=O)O)ccc1OCC1CNC(=O)O1. The zero-order valence-electron chi connectivity index (χ0n) is 10.9. The molecule has 108 valence electrons. The Kier molecular flexibility index (Phi) is 4.29. The van der Waals surface area contributed by atoms with Crippen LogP contribution >= 0.6 is 0 Å². The summed E-state index contributed by atoms with van der Waals surface area (Å²) in [4.78, 5) is 21.8. The lowest BCUT2D eigenvalue weighted by atomic mass is 10.2. The number of aromatic carboxylic acids is 1. The van der Waals surface area contributed by atoms with Crippen LogP contribution in [0.15, 0.2) is 18.2 Å². The Morgan fingerprint density at radius 1 is 1.45 bits per heavy atom. The number of nitrogens with one attached hydrogen (secondary N) is 1. The van der Waals surface area contributed by atoms with Crippen molar-refractivity contribution in [1.82, 2.24) is 5.32 Å². The largest absolute Gasteiger partial charge is 0.490 e. The van der Waals surface area contributed by atoms with E-state index in [0.717, 1.165) is 0 Å². The molecular weight excluding hydrogens is 266 g/mol. The van der Waals surface area contributed by atoms with Crippen molar-refractivity contribution >= 4 is 12.1 Å². The van der Waals surface area contributed by atoms with Crippen LogP contribution in [0.5, 0.6) is 11.5 Å². The van der Waals surface area contributed by atoms with Gasteiger partial charge in [0.1, 0.15) is 6.61 Å². The molecule has 1 amide bonds. The summed E-state index contributed by atoms with van der Waals surface area (Å²) >= 11 is 0. The van der Waals surface area contributed by atoms with Gasteiger partial charge in [0.2, 0.25) is 0 Å². The van der Waals surface area contributed by atoms with E-state index in [-0.39, 0.29) is 18.3 Å². The van der Waals surface area contributed by atoms with Crippen molar-refractivity contribution in [2.24, 2.45) is 0 Å². The number of benzene rings is 1. The molecule has 1 unspecified atom stereocenters. The van der Waals surface area contributed by atoms with Crippen molar-refractivity contribution in [3.05, 3.63) is 23.8 Å². The van der Waals surface area contributed by atoms with Crippen LogP contribution in [0.3, 0.4) is 0 Å². The zero-order chi connectivity index (χ0) is 14.5. The molecule has 20 heavy (non-hydrogen) atoms. The molecule has 2 rings (SSSR count). The number of hydrogen-bond acceptors (Lipinski definition) is 5. The summed E-state index contributed by atoms with van der Waals surface area (Å²) in [7, 11) is 0. The normalized spacial score (nSPS) is 17.2. The molecule has 1 atom stereocenters. The van der Waals surface area contributed by atoms with Gasteiger partial charge in [-0.3, -0.25) is 0 Å². The second kappa shape index (κ2) is 6.14. The molecule has 2 N–H and O–H groups in total. The number of hydrogen-bond donors (Lipinski definition) is 2. The Morgan fingerprint density at radius 2 is 2.25 bits per heavy atom. The Balaban J connectivity index is 2.05. The fourth-order valence-corrected chi connectivity index (χ4v) is 1.74. The molecule has 0 aliphatic carbocycles. The Labute approximate surface area is 115 Å². The maximum atomic E-state index is 10.9. The fourth-order valence-electron chi connectivity index (χ4n) is 1.74. The van der Waals surface area contributed by atoms with E-state index in [2.05, 4.69) is 5.32 Å². The van der Waals surface area contributed by atoms with Crippen LogP contribution in [0.25, 0.3) is 0 Å². The minimum Gasteiger partial charge on any atom is -0.490 e. The van der Waals surface area contributed by atoms with Crippen LogP contribution in [0.4, 0.5) is 4.79 Å². The second-order valence-corrected chi connectivity index (χ2v) is 4.12. The van der Waals surface area contributed by atoms with Gasteiger partial charge in [-0.05, 0) is 25.1 Å². The van der Waals surface area contributed by atoms with Crippen molar-refractivity contribution < 1.29 is 28.9 Å². The summed E-state index contributed by atoms with van der Waals surface area (Å²) in [5, 5.41) is 11.5. The van der Waals surface area contributed by atoms with Crippen molar-refractivity contribution in [2.75, 3.05) is 19.8 Å².